The first-order valence-corrected chi connectivity index (χ1v) is 25.5. The van der Waals surface area contributed by atoms with E-state index in [-0.39, 0.29) is 23.8 Å². The summed E-state index contributed by atoms with van der Waals surface area (Å²) in [4.78, 5) is 40.8. The summed E-state index contributed by atoms with van der Waals surface area (Å²) in [7, 11) is 0. The van der Waals surface area contributed by atoms with Gasteiger partial charge >= 0.3 is 11.9 Å². The molecule has 0 saturated heterocycles. The van der Waals surface area contributed by atoms with Crippen LogP contribution in [0.5, 0.6) is 0 Å². The number of nitrogens with zero attached hydrogens (tertiary/aromatic N) is 1. The number of hydrogen-bond donors (Lipinski definition) is 0. The molecule has 0 aliphatic heterocycles. The van der Waals surface area contributed by atoms with Crippen LogP contribution in [0, 0.1) is 11.8 Å². The van der Waals surface area contributed by atoms with Crippen molar-refractivity contribution in [2.24, 2.45) is 11.8 Å². The Morgan fingerprint density at radius 2 is 0.667 bits per heavy atom. The Kier molecular flexibility index (Phi) is 43.0. The van der Waals surface area contributed by atoms with Crippen LogP contribution in [0.4, 0.5) is 0 Å². The number of esters is 2. The number of carbonyl (C=O) groups excluding carboxylic acids is 3. The predicted octanol–water partition coefficient (Wildman–Crippen LogP) is 15.3. The number of unbranched alkanes of at least 4 members (excludes halogenated alkanes) is 22. The molecule has 0 aromatic rings. The molecule has 0 spiro atoms. The first-order valence-electron chi connectivity index (χ1n) is 25.5. The third kappa shape index (κ3) is 37.3. The lowest BCUT2D eigenvalue weighted by Crippen LogP contribution is -2.27. The average molecular weight is 806 g/mol. The molecule has 0 bridgehead atoms. The van der Waals surface area contributed by atoms with Crippen molar-refractivity contribution in [2.45, 2.75) is 266 Å². The number of carbonyl (C=O) groups is 3. The molecular weight excluding hydrogens is 707 g/mol. The van der Waals surface area contributed by atoms with Crippen LogP contribution in [0.1, 0.15) is 266 Å². The third-order valence-electron chi connectivity index (χ3n) is 12.0. The van der Waals surface area contributed by atoms with Gasteiger partial charge in [-0.25, -0.2) is 0 Å². The highest BCUT2D eigenvalue weighted by molar-refractivity contribution is 5.78. The monoisotopic (exact) mass is 806 g/mol. The van der Waals surface area contributed by atoms with Crippen molar-refractivity contribution in [3.8, 4) is 0 Å². The minimum absolute atomic E-state index is 0.0486. The maximum Gasteiger partial charge on any atom is 0.308 e. The topological polar surface area (TPSA) is 72.9 Å². The Balaban J connectivity index is 4.57. The average Bonchev–Trinajstić information content (AvgIpc) is 3.20. The number of Topliss-reactive ketones (excluding diaryl/α,β-unsaturated/α-hetero) is 1. The van der Waals surface area contributed by atoms with E-state index in [9.17, 15) is 14.4 Å². The third-order valence-corrected chi connectivity index (χ3v) is 12.0. The van der Waals surface area contributed by atoms with Crippen molar-refractivity contribution in [1.29, 1.82) is 0 Å². The lowest BCUT2D eigenvalue weighted by Gasteiger charge is -2.22. The SMILES string of the molecule is CCCCCCCCC(CCCCCC)C(=O)OCCCCCCN(CCCCCCOC(=O)C(CCCCCC)CCCCCCCC)CCCC(=O)CCC. The second-order valence-electron chi connectivity index (χ2n) is 17.6. The van der Waals surface area contributed by atoms with Gasteiger partial charge in [0.15, 0.2) is 0 Å². The summed E-state index contributed by atoms with van der Waals surface area (Å²) in [5, 5.41) is 0. The fourth-order valence-corrected chi connectivity index (χ4v) is 8.14. The molecule has 0 rings (SSSR count). The Bertz CT molecular complexity index is 820. The van der Waals surface area contributed by atoms with Gasteiger partial charge in [-0.15, -0.1) is 0 Å². The molecule has 0 amide bonds. The van der Waals surface area contributed by atoms with E-state index in [1.54, 1.807) is 0 Å². The van der Waals surface area contributed by atoms with Crippen LogP contribution in [0.2, 0.25) is 0 Å². The molecular formula is C51H99NO5. The molecule has 338 valence electrons. The zero-order valence-corrected chi connectivity index (χ0v) is 39.1. The number of ether oxygens (including phenoxy) is 2. The van der Waals surface area contributed by atoms with E-state index in [0.717, 1.165) is 135 Å². The first kappa shape index (κ1) is 55.6. The largest absolute Gasteiger partial charge is 0.465 e. The summed E-state index contributed by atoms with van der Waals surface area (Å²) < 4.78 is 11.7. The number of ketones is 1. The van der Waals surface area contributed by atoms with Crippen LogP contribution in [0.3, 0.4) is 0 Å². The number of rotatable bonds is 46. The van der Waals surface area contributed by atoms with Gasteiger partial charge in [-0.05, 0) is 83.8 Å². The predicted molar refractivity (Wildman–Crippen MR) is 245 cm³/mol. The van der Waals surface area contributed by atoms with Crippen LogP contribution in [-0.4, -0.2) is 55.5 Å². The maximum absolute atomic E-state index is 13.0. The van der Waals surface area contributed by atoms with Gasteiger partial charge in [0.25, 0.3) is 0 Å². The summed E-state index contributed by atoms with van der Waals surface area (Å²) in [6.07, 6.45) is 40.7. The molecule has 0 heterocycles. The molecule has 0 N–H and O–H groups in total. The quantitative estimate of drug-likeness (QED) is 0.0451. The zero-order valence-electron chi connectivity index (χ0n) is 39.1. The maximum atomic E-state index is 13.0. The Labute approximate surface area is 355 Å². The van der Waals surface area contributed by atoms with Crippen molar-refractivity contribution >= 4 is 17.7 Å². The van der Waals surface area contributed by atoms with Crippen molar-refractivity contribution in [3.05, 3.63) is 0 Å². The van der Waals surface area contributed by atoms with Crippen molar-refractivity contribution in [1.82, 2.24) is 4.90 Å². The summed E-state index contributed by atoms with van der Waals surface area (Å²) in [5.41, 5.74) is 0. The van der Waals surface area contributed by atoms with Gasteiger partial charge in [0.1, 0.15) is 5.78 Å². The minimum Gasteiger partial charge on any atom is -0.465 e. The second-order valence-corrected chi connectivity index (χ2v) is 17.6. The standard InChI is InChI=1S/C51H99NO5/c1-6-11-15-19-21-29-39-47(37-27-17-13-8-3)50(54)56-45-33-25-23-31-42-52(44-35-41-49(53)36-10-5)43-32-24-26-34-46-57-51(55)48(38-28-18-14-9-4)40-30-22-20-16-12-7-2/h47-48H,6-46H2,1-5H3. The summed E-state index contributed by atoms with van der Waals surface area (Å²) >= 11 is 0. The van der Waals surface area contributed by atoms with E-state index in [0.29, 0.717) is 31.8 Å². The summed E-state index contributed by atoms with van der Waals surface area (Å²) in [5.74, 6) is 0.655. The molecule has 57 heavy (non-hydrogen) atoms. The molecule has 2 unspecified atom stereocenters. The number of hydrogen-bond acceptors (Lipinski definition) is 6. The minimum atomic E-state index is 0.0486. The molecule has 0 aliphatic carbocycles. The Hall–Kier alpha value is -1.43. The highest BCUT2D eigenvalue weighted by atomic mass is 16.5. The van der Waals surface area contributed by atoms with Crippen molar-refractivity contribution in [2.75, 3.05) is 32.8 Å². The van der Waals surface area contributed by atoms with E-state index in [1.165, 1.54) is 103 Å². The Morgan fingerprint density at radius 1 is 0.351 bits per heavy atom. The van der Waals surface area contributed by atoms with E-state index in [2.05, 4.69) is 39.5 Å². The van der Waals surface area contributed by atoms with Gasteiger partial charge in [-0.3, -0.25) is 14.4 Å². The smallest absolute Gasteiger partial charge is 0.308 e. The van der Waals surface area contributed by atoms with Crippen LogP contribution in [-0.2, 0) is 23.9 Å². The van der Waals surface area contributed by atoms with Gasteiger partial charge in [0.2, 0.25) is 0 Å². The molecule has 0 radical (unpaired) electrons. The highest BCUT2D eigenvalue weighted by Gasteiger charge is 2.20. The molecule has 0 aliphatic rings. The molecule has 2 atom stereocenters. The fraction of sp³-hybridized carbons (Fsp3) is 0.941. The van der Waals surface area contributed by atoms with E-state index in [4.69, 9.17) is 9.47 Å². The van der Waals surface area contributed by atoms with Gasteiger partial charge in [0.05, 0.1) is 25.0 Å². The summed E-state index contributed by atoms with van der Waals surface area (Å²) in [6.45, 7) is 15.3. The Morgan fingerprint density at radius 3 is 1.05 bits per heavy atom. The fourth-order valence-electron chi connectivity index (χ4n) is 8.14. The van der Waals surface area contributed by atoms with Gasteiger partial charge in [-0.1, -0.05) is 189 Å². The van der Waals surface area contributed by atoms with Gasteiger partial charge in [-0.2, -0.15) is 0 Å². The molecule has 0 aromatic heterocycles. The lowest BCUT2D eigenvalue weighted by atomic mass is 9.94. The van der Waals surface area contributed by atoms with Crippen LogP contribution in [0.25, 0.3) is 0 Å². The molecule has 0 saturated carbocycles. The van der Waals surface area contributed by atoms with Crippen molar-refractivity contribution in [3.63, 3.8) is 0 Å². The molecule has 0 aromatic carbocycles. The van der Waals surface area contributed by atoms with Gasteiger partial charge in [0, 0.05) is 12.8 Å². The van der Waals surface area contributed by atoms with Crippen molar-refractivity contribution < 1.29 is 23.9 Å². The van der Waals surface area contributed by atoms with Crippen LogP contribution >= 0.6 is 0 Å². The zero-order chi connectivity index (χ0) is 41.9. The first-order chi connectivity index (χ1) is 27.9. The second kappa shape index (κ2) is 44.1. The van der Waals surface area contributed by atoms with E-state index in [1.807, 2.05) is 0 Å². The normalized spacial score (nSPS) is 12.6. The molecule has 0 fully saturated rings. The molecule has 6 heteroatoms. The highest BCUT2D eigenvalue weighted by Crippen LogP contribution is 2.22. The van der Waals surface area contributed by atoms with Crippen LogP contribution in [0.15, 0.2) is 0 Å². The summed E-state index contributed by atoms with van der Waals surface area (Å²) in [6, 6.07) is 0. The van der Waals surface area contributed by atoms with E-state index < -0.39 is 0 Å². The van der Waals surface area contributed by atoms with E-state index >= 15 is 0 Å². The van der Waals surface area contributed by atoms with Crippen LogP contribution < -0.4 is 0 Å². The molecule has 6 nitrogen and oxygen atoms in total. The lowest BCUT2D eigenvalue weighted by molar-refractivity contribution is -0.150. The van der Waals surface area contributed by atoms with Gasteiger partial charge < -0.3 is 14.4 Å².